The second-order valence-electron chi connectivity index (χ2n) is 5.00. The molecule has 0 unspecified atom stereocenters. The Morgan fingerprint density at radius 1 is 1.12 bits per heavy atom. The molecule has 0 aliphatic carbocycles. The number of halogens is 2. The van der Waals surface area contributed by atoms with E-state index in [1.165, 1.54) is 0 Å². The van der Waals surface area contributed by atoms with Gasteiger partial charge in [-0.1, -0.05) is 59.2 Å². The van der Waals surface area contributed by atoms with Crippen molar-refractivity contribution in [3.05, 3.63) is 74.6 Å². The summed E-state index contributed by atoms with van der Waals surface area (Å²) in [6.07, 6.45) is 1.65. The number of benzene rings is 2. The zero-order chi connectivity index (χ0) is 18.0. The number of rotatable bonds is 3. The van der Waals surface area contributed by atoms with Gasteiger partial charge in [0.1, 0.15) is 0 Å². The number of carbonyl (C=O) groups excluding carboxylic acids is 2. The highest BCUT2D eigenvalue weighted by Crippen LogP contribution is 2.32. The summed E-state index contributed by atoms with van der Waals surface area (Å²) in [5.74, 6) is -0.807. The molecular formula is C17H10Cl2N2O2S2. The van der Waals surface area contributed by atoms with E-state index < -0.39 is 11.8 Å². The lowest BCUT2D eigenvalue weighted by Crippen LogP contribution is -2.44. The zero-order valence-electron chi connectivity index (χ0n) is 12.5. The van der Waals surface area contributed by atoms with E-state index in [9.17, 15) is 9.59 Å². The molecule has 25 heavy (non-hydrogen) atoms. The van der Waals surface area contributed by atoms with Crippen LogP contribution < -0.4 is 5.43 Å². The van der Waals surface area contributed by atoms with E-state index in [4.69, 9.17) is 35.4 Å². The van der Waals surface area contributed by atoms with Crippen molar-refractivity contribution >= 4 is 69.4 Å². The molecule has 1 aliphatic heterocycles. The van der Waals surface area contributed by atoms with Crippen molar-refractivity contribution in [3.8, 4) is 0 Å². The maximum absolute atomic E-state index is 12.5. The number of nitrogens with one attached hydrogen (secondary N) is 1. The molecule has 0 aromatic heterocycles. The topological polar surface area (TPSA) is 49.4 Å². The minimum Gasteiger partial charge on any atom is -0.267 e. The van der Waals surface area contributed by atoms with E-state index in [1.54, 1.807) is 54.6 Å². The van der Waals surface area contributed by atoms with Crippen molar-refractivity contribution in [2.45, 2.75) is 0 Å². The molecule has 2 amide bonds. The Hall–Kier alpha value is -1.86. The van der Waals surface area contributed by atoms with Crippen LogP contribution in [0.3, 0.4) is 0 Å². The fraction of sp³-hybridized carbons (Fsp3) is 0. The second kappa shape index (κ2) is 7.58. The second-order valence-corrected chi connectivity index (χ2v) is 7.49. The number of amides is 2. The van der Waals surface area contributed by atoms with E-state index in [-0.39, 0.29) is 4.32 Å². The first-order chi connectivity index (χ1) is 12.0. The van der Waals surface area contributed by atoms with Gasteiger partial charge in [0.2, 0.25) is 0 Å². The van der Waals surface area contributed by atoms with Gasteiger partial charge < -0.3 is 0 Å². The first-order valence-corrected chi connectivity index (χ1v) is 9.03. The third-order valence-corrected chi connectivity index (χ3v) is 5.33. The van der Waals surface area contributed by atoms with Crippen LogP contribution in [0, 0.1) is 0 Å². The predicted molar refractivity (Wildman–Crippen MR) is 105 cm³/mol. The summed E-state index contributed by atoms with van der Waals surface area (Å²) in [4.78, 5) is 25.1. The smallest absolute Gasteiger partial charge is 0.267 e. The van der Waals surface area contributed by atoms with Gasteiger partial charge in [0.15, 0.2) is 4.32 Å². The normalized spacial score (nSPS) is 15.8. The van der Waals surface area contributed by atoms with Crippen LogP contribution in [0.25, 0.3) is 6.08 Å². The minimum atomic E-state index is -0.410. The largest absolute Gasteiger partial charge is 0.285 e. The standard InChI is InChI=1S/C17H10Cl2N2O2S2/c18-12-7-6-10(8-13(12)19)9-14-16(23)21(17(24)25-14)20-15(22)11-4-2-1-3-5-11/h1-9H,(H,20,22)/b14-9-. The third-order valence-electron chi connectivity index (χ3n) is 3.28. The maximum atomic E-state index is 12.5. The highest BCUT2D eigenvalue weighted by Gasteiger charge is 2.33. The summed E-state index contributed by atoms with van der Waals surface area (Å²) >= 11 is 18.2. The molecule has 4 nitrogen and oxygen atoms in total. The molecule has 1 heterocycles. The summed E-state index contributed by atoms with van der Waals surface area (Å²) in [6, 6.07) is 13.6. The molecule has 1 saturated heterocycles. The summed E-state index contributed by atoms with van der Waals surface area (Å²) < 4.78 is 0.251. The maximum Gasteiger partial charge on any atom is 0.285 e. The molecule has 0 spiro atoms. The molecule has 2 aromatic carbocycles. The number of hydrazine groups is 1. The Morgan fingerprint density at radius 2 is 1.84 bits per heavy atom. The fourth-order valence-electron chi connectivity index (χ4n) is 2.07. The van der Waals surface area contributed by atoms with Crippen LogP contribution in [0.4, 0.5) is 0 Å². The molecule has 1 aliphatic rings. The van der Waals surface area contributed by atoms with Crippen LogP contribution >= 0.6 is 47.2 Å². The minimum absolute atomic E-state index is 0.251. The van der Waals surface area contributed by atoms with Gasteiger partial charge >= 0.3 is 0 Å². The zero-order valence-corrected chi connectivity index (χ0v) is 15.7. The Bertz CT molecular complexity index is 901. The summed E-state index contributed by atoms with van der Waals surface area (Å²) in [6.45, 7) is 0. The number of nitrogens with zero attached hydrogens (tertiary/aromatic N) is 1. The number of thiocarbonyl (C=S) groups is 1. The lowest BCUT2D eigenvalue weighted by molar-refractivity contribution is -0.123. The first kappa shape index (κ1) is 17.9. The van der Waals surface area contributed by atoms with E-state index in [0.29, 0.717) is 26.1 Å². The quantitative estimate of drug-likeness (QED) is 0.598. The van der Waals surface area contributed by atoms with Gasteiger partial charge in [0.05, 0.1) is 15.0 Å². The SMILES string of the molecule is O=C(NN1C(=O)/C(=C/c2ccc(Cl)c(Cl)c2)SC1=S)c1ccccc1. The van der Waals surface area contributed by atoms with E-state index in [1.807, 2.05) is 0 Å². The average molecular weight is 409 g/mol. The van der Waals surface area contributed by atoms with Crippen LogP contribution in [-0.2, 0) is 4.79 Å². The molecule has 0 radical (unpaired) electrons. The highest BCUT2D eigenvalue weighted by molar-refractivity contribution is 8.26. The van der Waals surface area contributed by atoms with Crippen LogP contribution in [0.1, 0.15) is 15.9 Å². The van der Waals surface area contributed by atoms with Gasteiger partial charge in [-0.15, -0.1) is 0 Å². The van der Waals surface area contributed by atoms with Crippen molar-refractivity contribution in [1.29, 1.82) is 0 Å². The molecule has 0 atom stereocenters. The molecule has 2 aromatic rings. The lowest BCUT2D eigenvalue weighted by Gasteiger charge is -2.15. The van der Waals surface area contributed by atoms with E-state index in [0.717, 1.165) is 16.8 Å². The fourth-order valence-corrected chi connectivity index (χ4v) is 3.56. The predicted octanol–water partition coefficient (Wildman–Crippen LogP) is 4.54. The molecule has 0 saturated carbocycles. The number of hydrogen-bond donors (Lipinski definition) is 1. The van der Waals surface area contributed by atoms with Crippen molar-refractivity contribution < 1.29 is 9.59 Å². The van der Waals surface area contributed by atoms with Gasteiger partial charge in [-0.05, 0) is 48.1 Å². The Balaban J connectivity index is 1.79. The third kappa shape index (κ3) is 4.04. The van der Waals surface area contributed by atoms with E-state index >= 15 is 0 Å². The van der Waals surface area contributed by atoms with Gasteiger partial charge in [-0.3, -0.25) is 15.0 Å². The van der Waals surface area contributed by atoms with Crippen LogP contribution in [0.5, 0.6) is 0 Å². The molecule has 8 heteroatoms. The van der Waals surface area contributed by atoms with Crippen molar-refractivity contribution in [1.82, 2.24) is 10.4 Å². The average Bonchev–Trinajstić information content (AvgIpc) is 2.86. The van der Waals surface area contributed by atoms with Gasteiger partial charge in [-0.2, -0.15) is 5.01 Å². The van der Waals surface area contributed by atoms with Crippen LogP contribution in [0.15, 0.2) is 53.4 Å². The Kier molecular flexibility index (Phi) is 5.44. The van der Waals surface area contributed by atoms with Crippen LogP contribution in [0.2, 0.25) is 10.0 Å². The summed E-state index contributed by atoms with van der Waals surface area (Å²) in [5, 5.41) is 1.89. The van der Waals surface area contributed by atoms with Crippen molar-refractivity contribution in [2.24, 2.45) is 0 Å². The molecular weight excluding hydrogens is 399 g/mol. The monoisotopic (exact) mass is 408 g/mol. The van der Waals surface area contributed by atoms with Crippen molar-refractivity contribution in [3.63, 3.8) is 0 Å². The first-order valence-electron chi connectivity index (χ1n) is 7.05. The van der Waals surface area contributed by atoms with Crippen LogP contribution in [-0.4, -0.2) is 21.1 Å². The molecule has 1 N–H and O–H groups in total. The Labute approximate surface area is 163 Å². The molecule has 126 valence electrons. The Morgan fingerprint density at radius 3 is 2.52 bits per heavy atom. The van der Waals surface area contributed by atoms with Gasteiger partial charge in [-0.25, -0.2) is 0 Å². The number of thioether (sulfide) groups is 1. The van der Waals surface area contributed by atoms with Crippen molar-refractivity contribution in [2.75, 3.05) is 0 Å². The number of carbonyl (C=O) groups is 2. The summed E-state index contributed by atoms with van der Waals surface area (Å²) in [7, 11) is 0. The van der Waals surface area contributed by atoms with Gasteiger partial charge in [0, 0.05) is 5.56 Å². The van der Waals surface area contributed by atoms with E-state index in [2.05, 4.69) is 5.43 Å². The molecule has 3 rings (SSSR count). The highest BCUT2D eigenvalue weighted by atomic mass is 35.5. The van der Waals surface area contributed by atoms with Gasteiger partial charge in [0.25, 0.3) is 11.8 Å². The number of hydrogen-bond acceptors (Lipinski definition) is 4. The molecule has 0 bridgehead atoms. The summed E-state index contributed by atoms with van der Waals surface area (Å²) in [5.41, 5.74) is 3.67. The lowest BCUT2D eigenvalue weighted by atomic mass is 10.2. The molecule has 1 fully saturated rings.